The molecule has 0 aromatic carbocycles. The third kappa shape index (κ3) is 1.44. The topological polar surface area (TPSA) is 84.8 Å². The molecule has 0 spiro atoms. The van der Waals surface area contributed by atoms with E-state index in [2.05, 4.69) is 10.9 Å². The van der Waals surface area contributed by atoms with E-state index in [4.69, 9.17) is 15.3 Å². The number of nitrogens with one attached hydrogen (secondary N) is 2. The lowest BCUT2D eigenvalue weighted by Gasteiger charge is -2.31. The predicted octanol–water partition coefficient (Wildman–Crippen LogP) is -2.82. The van der Waals surface area contributed by atoms with Gasteiger partial charge in [-0.25, -0.2) is 5.43 Å². The maximum Gasteiger partial charge on any atom is 0.100 e. The molecular formula is C5H12N2O3. The lowest BCUT2D eigenvalue weighted by atomic mass is 10.1. The molecule has 1 heterocycles. The highest BCUT2D eigenvalue weighted by molar-refractivity contribution is 4.84. The highest BCUT2D eigenvalue weighted by Gasteiger charge is 2.29. The molecule has 0 aliphatic carbocycles. The summed E-state index contributed by atoms with van der Waals surface area (Å²) < 4.78 is 0. The first kappa shape index (κ1) is 7.90. The molecule has 0 radical (unpaired) electrons. The summed E-state index contributed by atoms with van der Waals surface area (Å²) in [6.07, 6.45) is -1.68. The molecule has 1 fully saturated rings. The molecule has 0 aromatic heterocycles. The molecule has 1 aliphatic rings. The van der Waals surface area contributed by atoms with Gasteiger partial charge in [-0.1, -0.05) is 0 Å². The zero-order valence-corrected chi connectivity index (χ0v) is 5.49. The van der Waals surface area contributed by atoms with Crippen LogP contribution in [0.25, 0.3) is 0 Å². The van der Waals surface area contributed by atoms with Crippen molar-refractivity contribution in [1.29, 1.82) is 0 Å². The van der Waals surface area contributed by atoms with Crippen molar-refractivity contribution in [2.24, 2.45) is 0 Å². The van der Waals surface area contributed by atoms with Gasteiger partial charge in [0.15, 0.2) is 0 Å². The molecular weight excluding hydrogens is 136 g/mol. The van der Waals surface area contributed by atoms with Crippen molar-refractivity contribution >= 4 is 0 Å². The van der Waals surface area contributed by atoms with E-state index >= 15 is 0 Å². The second-order valence-corrected chi connectivity index (χ2v) is 2.37. The molecule has 1 saturated heterocycles. The molecule has 5 N–H and O–H groups in total. The third-order valence-electron chi connectivity index (χ3n) is 1.60. The highest BCUT2D eigenvalue weighted by Crippen LogP contribution is 2.01. The summed E-state index contributed by atoms with van der Waals surface area (Å²) in [6, 6.07) is -0.469. The molecule has 3 atom stereocenters. The van der Waals surface area contributed by atoms with Crippen LogP contribution in [0.5, 0.6) is 0 Å². The minimum atomic E-state index is -0.883. The average Bonchev–Trinajstić information content (AvgIpc) is 1.95. The van der Waals surface area contributed by atoms with E-state index in [1.54, 1.807) is 0 Å². The van der Waals surface area contributed by atoms with Crippen molar-refractivity contribution in [3.63, 3.8) is 0 Å². The van der Waals surface area contributed by atoms with E-state index in [0.717, 1.165) is 0 Å². The van der Waals surface area contributed by atoms with Crippen LogP contribution in [0.1, 0.15) is 0 Å². The summed E-state index contributed by atoms with van der Waals surface area (Å²) in [4.78, 5) is 0. The molecule has 1 rings (SSSR count). The van der Waals surface area contributed by atoms with Crippen LogP contribution in [-0.2, 0) is 0 Å². The Kier molecular flexibility index (Phi) is 2.58. The Balaban J connectivity index is 2.42. The SMILES string of the molecule is OC[C@H]1NNC[C@@H](O)[C@@H]1O. The van der Waals surface area contributed by atoms with Crippen molar-refractivity contribution in [3.05, 3.63) is 0 Å². The van der Waals surface area contributed by atoms with Crippen LogP contribution in [0.3, 0.4) is 0 Å². The molecule has 5 nitrogen and oxygen atoms in total. The standard InChI is InChI=1S/C5H12N2O3/c8-2-3-5(10)4(9)1-6-7-3/h3-10H,1-2H2/t3-,4-,5-/m1/s1. The molecule has 1 aliphatic heterocycles. The second kappa shape index (κ2) is 3.27. The molecule has 60 valence electrons. The monoisotopic (exact) mass is 148 g/mol. The number of rotatable bonds is 1. The van der Waals surface area contributed by atoms with Crippen molar-refractivity contribution in [1.82, 2.24) is 10.9 Å². The lowest BCUT2D eigenvalue weighted by Crippen LogP contribution is -2.62. The van der Waals surface area contributed by atoms with Gasteiger partial charge in [0.05, 0.1) is 18.8 Å². The molecule has 0 saturated carbocycles. The van der Waals surface area contributed by atoms with Crippen LogP contribution in [0.15, 0.2) is 0 Å². The maximum atomic E-state index is 9.12. The highest BCUT2D eigenvalue weighted by atomic mass is 16.3. The first-order valence-corrected chi connectivity index (χ1v) is 3.21. The smallest absolute Gasteiger partial charge is 0.100 e. The van der Waals surface area contributed by atoms with Crippen LogP contribution >= 0.6 is 0 Å². The average molecular weight is 148 g/mol. The fourth-order valence-electron chi connectivity index (χ4n) is 0.923. The van der Waals surface area contributed by atoms with Gasteiger partial charge in [-0.15, -0.1) is 0 Å². The Hall–Kier alpha value is -0.200. The number of aliphatic hydroxyl groups excluding tert-OH is 3. The minimum Gasteiger partial charge on any atom is -0.395 e. The molecule has 0 aromatic rings. The summed E-state index contributed by atoms with van der Waals surface area (Å²) in [5.41, 5.74) is 5.28. The van der Waals surface area contributed by atoms with E-state index < -0.39 is 18.2 Å². The fraction of sp³-hybridized carbons (Fsp3) is 1.00. The van der Waals surface area contributed by atoms with Gasteiger partial charge >= 0.3 is 0 Å². The van der Waals surface area contributed by atoms with Gasteiger partial charge in [-0.05, 0) is 0 Å². The predicted molar refractivity (Wildman–Crippen MR) is 34.0 cm³/mol. The second-order valence-electron chi connectivity index (χ2n) is 2.37. The van der Waals surface area contributed by atoms with Gasteiger partial charge in [0.25, 0.3) is 0 Å². The van der Waals surface area contributed by atoms with E-state index in [1.807, 2.05) is 0 Å². The number of hydrogen-bond acceptors (Lipinski definition) is 5. The Labute approximate surface area is 58.6 Å². The number of β-amino-alcohol motifs (C(OH)–C–C–N with tert-alkyl or cyclic N) is 1. The zero-order chi connectivity index (χ0) is 7.56. The Bertz CT molecular complexity index is 111. The quantitative estimate of drug-likeness (QED) is 0.277. The Morgan fingerprint density at radius 3 is 2.60 bits per heavy atom. The van der Waals surface area contributed by atoms with Crippen LogP contribution in [-0.4, -0.2) is 46.7 Å². The summed E-state index contributed by atoms with van der Waals surface area (Å²) >= 11 is 0. The first-order chi connectivity index (χ1) is 4.75. The van der Waals surface area contributed by atoms with E-state index in [9.17, 15) is 0 Å². The van der Waals surface area contributed by atoms with Crippen LogP contribution < -0.4 is 10.9 Å². The van der Waals surface area contributed by atoms with E-state index in [-0.39, 0.29) is 6.61 Å². The van der Waals surface area contributed by atoms with E-state index in [1.165, 1.54) is 0 Å². The van der Waals surface area contributed by atoms with Crippen molar-refractivity contribution in [3.8, 4) is 0 Å². The largest absolute Gasteiger partial charge is 0.395 e. The molecule has 0 amide bonds. The lowest BCUT2D eigenvalue weighted by molar-refractivity contribution is -0.0433. The number of hydrazine groups is 1. The molecule has 5 heteroatoms. The summed E-state index contributed by atoms with van der Waals surface area (Å²) in [5, 5.41) is 26.7. The van der Waals surface area contributed by atoms with E-state index in [0.29, 0.717) is 6.54 Å². The zero-order valence-electron chi connectivity index (χ0n) is 5.49. The van der Waals surface area contributed by atoms with Gasteiger partial charge in [0.1, 0.15) is 6.10 Å². The Morgan fingerprint density at radius 1 is 1.40 bits per heavy atom. The van der Waals surface area contributed by atoms with Gasteiger partial charge in [-0.3, -0.25) is 5.43 Å². The van der Waals surface area contributed by atoms with Gasteiger partial charge in [0.2, 0.25) is 0 Å². The maximum absolute atomic E-state index is 9.12. The Morgan fingerprint density at radius 2 is 2.10 bits per heavy atom. The van der Waals surface area contributed by atoms with Crippen molar-refractivity contribution in [2.45, 2.75) is 18.2 Å². The molecule has 0 bridgehead atoms. The fourth-order valence-corrected chi connectivity index (χ4v) is 0.923. The van der Waals surface area contributed by atoms with Gasteiger partial charge < -0.3 is 15.3 Å². The van der Waals surface area contributed by atoms with Crippen LogP contribution in [0, 0.1) is 0 Å². The third-order valence-corrected chi connectivity index (χ3v) is 1.60. The number of hydrogen-bond donors (Lipinski definition) is 5. The summed E-state index contributed by atoms with van der Waals surface area (Å²) in [7, 11) is 0. The van der Waals surface area contributed by atoms with Crippen LogP contribution in [0.2, 0.25) is 0 Å². The minimum absolute atomic E-state index is 0.189. The number of aliphatic hydroxyl groups is 3. The van der Waals surface area contributed by atoms with Gasteiger partial charge in [-0.2, -0.15) is 0 Å². The summed E-state index contributed by atoms with van der Waals surface area (Å²) in [6.45, 7) is 0.114. The first-order valence-electron chi connectivity index (χ1n) is 3.21. The summed E-state index contributed by atoms with van der Waals surface area (Å²) in [5.74, 6) is 0. The molecule has 0 unspecified atom stereocenters. The van der Waals surface area contributed by atoms with Gasteiger partial charge in [0, 0.05) is 6.54 Å². The van der Waals surface area contributed by atoms with Crippen LogP contribution in [0.4, 0.5) is 0 Å². The molecule has 10 heavy (non-hydrogen) atoms. The normalized spacial score (nSPS) is 41.7. The van der Waals surface area contributed by atoms with Crippen molar-refractivity contribution in [2.75, 3.05) is 13.2 Å². The van der Waals surface area contributed by atoms with Crippen molar-refractivity contribution < 1.29 is 15.3 Å².